The maximum atomic E-state index is 10.4. The Bertz CT molecular complexity index is 417. The van der Waals surface area contributed by atoms with Crippen molar-refractivity contribution in [3.05, 3.63) is 17.9 Å². The summed E-state index contributed by atoms with van der Waals surface area (Å²) in [5, 5.41) is 44.7. The molecule has 0 saturated carbocycles. The Hall–Kier alpha value is -2.15. The van der Waals surface area contributed by atoms with Gasteiger partial charge in [-0.3, -0.25) is 0 Å². The molecule has 82 valence electrons. The average molecular weight is 216 g/mol. The highest BCUT2D eigenvalue weighted by Gasteiger charge is 2.28. The van der Waals surface area contributed by atoms with Gasteiger partial charge in [-0.05, 0) is 0 Å². The lowest BCUT2D eigenvalue weighted by Crippen LogP contribution is -2.08. The van der Waals surface area contributed by atoms with Gasteiger partial charge in [-0.2, -0.15) is 0 Å². The molecule has 0 bridgehead atoms. The maximum absolute atomic E-state index is 10.4. The SMILES string of the molecule is C=C(C(=O)O)C(O)c1oc(O)c(O)c1O. The summed E-state index contributed by atoms with van der Waals surface area (Å²) >= 11 is 0. The van der Waals surface area contributed by atoms with E-state index in [1.165, 1.54) is 0 Å². The number of furan rings is 1. The molecule has 0 aromatic carbocycles. The molecule has 1 atom stereocenters. The van der Waals surface area contributed by atoms with Crippen LogP contribution >= 0.6 is 0 Å². The number of aliphatic hydroxyl groups excluding tert-OH is 1. The number of aliphatic hydroxyl groups is 1. The van der Waals surface area contributed by atoms with Gasteiger partial charge in [0.2, 0.25) is 11.5 Å². The molecule has 5 N–H and O–H groups in total. The second kappa shape index (κ2) is 3.54. The first-order chi connectivity index (χ1) is 6.86. The minimum Gasteiger partial charge on any atom is -0.502 e. The second-order valence-electron chi connectivity index (χ2n) is 2.70. The summed E-state index contributed by atoms with van der Waals surface area (Å²) in [5.41, 5.74) is -0.668. The number of carboxylic acids is 1. The molecule has 1 unspecified atom stereocenters. The second-order valence-corrected chi connectivity index (χ2v) is 2.70. The van der Waals surface area contributed by atoms with Crippen molar-refractivity contribution in [2.75, 3.05) is 0 Å². The monoisotopic (exact) mass is 216 g/mol. The fraction of sp³-hybridized carbons (Fsp3) is 0.125. The van der Waals surface area contributed by atoms with Crippen molar-refractivity contribution in [2.24, 2.45) is 0 Å². The molecular formula is C8H8O7. The highest BCUT2D eigenvalue weighted by Crippen LogP contribution is 2.44. The zero-order valence-corrected chi connectivity index (χ0v) is 7.34. The Kier molecular flexibility index (Phi) is 2.58. The van der Waals surface area contributed by atoms with E-state index in [0.717, 1.165) is 0 Å². The minimum atomic E-state index is -1.85. The molecule has 15 heavy (non-hydrogen) atoms. The van der Waals surface area contributed by atoms with Gasteiger partial charge in [0.1, 0.15) is 6.10 Å². The fourth-order valence-electron chi connectivity index (χ4n) is 0.879. The van der Waals surface area contributed by atoms with Crippen LogP contribution in [-0.2, 0) is 4.79 Å². The normalized spacial score (nSPS) is 12.3. The smallest absolute Gasteiger partial charge is 0.334 e. The largest absolute Gasteiger partial charge is 0.502 e. The van der Waals surface area contributed by atoms with Crippen molar-refractivity contribution >= 4 is 5.97 Å². The van der Waals surface area contributed by atoms with Gasteiger partial charge in [-0.25, -0.2) is 4.79 Å². The zero-order valence-electron chi connectivity index (χ0n) is 7.34. The summed E-state index contributed by atoms with van der Waals surface area (Å²) in [6, 6.07) is 0. The lowest BCUT2D eigenvalue weighted by Gasteiger charge is -2.06. The van der Waals surface area contributed by atoms with E-state index < -0.39 is 40.9 Å². The lowest BCUT2D eigenvalue weighted by atomic mass is 10.1. The average Bonchev–Trinajstić information content (AvgIpc) is 2.43. The molecule has 7 heteroatoms. The Morgan fingerprint density at radius 3 is 2.13 bits per heavy atom. The first kappa shape index (κ1) is 10.9. The Morgan fingerprint density at radius 1 is 1.27 bits per heavy atom. The van der Waals surface area contributed by atoms with Crippen LogP contribution in [0.5, 0.6) is 17.4 Å². The summed E-state index contributed by atoms with van der Waals surface area (Å²) in [7, 11) is 0. The highest BCUT2D eigenvalue weighted by atomic mass is 16.5. The molecule has 1 rings (SSSR count). The van der Waals surface area contributed by atoms with Gasteiger partial charge in [-0.1, -0.05) is 6.58 Å². The van der Waals surface area contributed by atoms with Crippen LogP contribution in [0, 0.1) is 0 Å². The van der Waals surface area contributed by atoms with E-state index in [2.05, 4.69) is 11.0 Å². The molecular weight excluding hydrogens is 208 g/mol. The van der Waals surface area contributed by atoms with Crippen LogP contribution in [0.25, 0.3) is 0 Å². The van der Waals surface area contributed by atoms with Crippen molar-refractivity contribution in [3.63, 3.8) is 0 Å². The minimum absolute atomic E-state index is 0.668. The maximum Gasteiger partial charge on any atom is 0.334 e. The number of rotatable bonds is 3. The fourth-order valence-corrected chi connectivity index (χ4v) is 0.879. The van der Waals surface area contributed by atoms with Crippen molar-refractivity contribution in [3.8, 4) is 17.4 Å². The summed E-state index contributed by atoms with van der Waals surface area (Å²) in [4.78, 5) is 10.4. The van der Waals surface area contributed by atoms with Gasteiger partial charge in [0.05, 0.1) is 5.57 Å². The molecule has 0 spiro atoms. The number of hydrogen-bond acceptors (Lipinski definition) is 6. The third-order valence-electron chi connectivity index (χ3n) is 1.72. The third-order valence-corrected chi connectivity index (χ3v) is 1.72. The molecule has 0 amide bonds. The van der Waals surface area contributed by atoms with Crippen LogP contribution in [0.1, 0.15) is 11.9 Å². The molecule has 1 heterocycles. The van der Waals surface area contributed by atoms with Crippen LogP contribution < -0.4 is 0 Å². The van der Waals surface area contributed by atoms with Crippen LogP contribution in [0.4, 0.5) is 0 Å². The van der Waals surface area contributed by atoms with E-state index >= 15 is 0 Å². The number of hydrogen-bond donors (Lipinski definition) is 5. The summed E-state index contributed by atoms with van der Waals surface area (Å²) in [6.07, 6.45) is -1.85. The molecule has 1 aromatic rings. The predicted molar refractivity (Wildman–Crippen MR) is 45.4 cm³/mol. The number of carbonyl (C=O) groups is 1. The molecule has 7 nitrogen and oxygen atoms in total. The van der Waals surface area contributed by atoms with Gasteiger partial charge in [-0.15, -0.1) is 0 Å². The molecule has 0 aliphatic heterocycles. The third kappa shape index (κ3) is 1.72. The van der Waals surface area contributed by atoms with E-state index in [4.69, 9.17) is 20.4 Å². The standard InChI is InChI=1S/C8H8O7/c1-2(7(12)13)3(9)6-4(10)5(11)8(14)15-6/h3,9-11,14H,1H2,(H,12,13). The van der Waals surface area contributed by atoms with Crippen molar-refractivity contribution in [1.82, 2.24) is 0 Å². The van der Waals surface area contributed by atoms with Gasteiger partial charge >= 0.3 is 11.9 Å². The van der Waals surface area contributed by atoms with Crippen LogP contribution in [0.2, 0.25) is 0 Å². The van der Waals surface area contributed by atoms with E-state index in [1.807, 2.05) is 0 Å². The highest BCUT2D eigenvalue weighted by molar-refractivity contribution is 5.87. The Balaban J connectivity index is 3.12. The summed E-state index contributed by atoms with van der Waals surface area (Å²) in [5.74, 6) is -5.10. The Labute approximate surface area is 83.1 Å². The van der Waals surface area contributed by atoms with Crippen LogP contribution in [-0.4, -0.2) is 31.5 Å². The molecule has 0 saturated heterocycles. The van der Waals surface area contributed by atoms with E-state index in [1.54, 1.807) is 0 Å². The van der Waals surface area contributed by atoms with Gasteiger partial charge in [0.25, 0.3) is 0 Å². The predicted octanol–water partition coefficient (Wildman–Crippen LogP) is 0.0706. The first-order valence-corrected chi connectivity index (χ1v) is 3.70. The summed E-state index contributed by atoms with van der Waals surface area (Å²) in [6.45, 7) is 3.03. The van der Waals surface area contributed by atoms with Crippen molar-refractivity contribution in [1.29, 1.82) is 0 Å². The Morgan fingerprint density at radius 2 is 1.80 bits per heavy atom. The lowest BCUT2D eigenvalue weighted by molar-refractivity contribution is -0.133. The zero-order chi connectivity index (χ0) is 11.7. The number of carboxylic acid groups (broad SMARTS) is 1. The molecule has 0 radical (unpaired) electrons. The van der Waals surface area contributed by atoms with Gasteiger partial charge in [0, 0.05) is 0 Å². The van der Waals surface area contributed by atoms with Crippen LogP contribution in [0.3, 0.4) is 0 Å². The van der Waals surface area contributed by atoms with E-state index in [-0.39, 0.29) is 0 Å². The van der Waals surface area contributed by atoms with Crippen LogP contribution in [0.15, 0.2) is 16.6 Å². The van der Waals surface area contributed by atoms with Gasteiger partial charge in [0.15, 0.2) is 5.76 Å². The number of aliphatic carboxylic acids is 1. The quantitative estimate of drug-likeness (QED) is 0.451. The first-order valence-electron chi connectivity index (χ1n) is 3.70. The molecule has 0 aliphatic rings. The van der Waals surface area contributed by atoms with Crippen molar-refractivity contribution < 1.29 is 34.7 Å². The summed E-state index contributed by atoms with van der Waals surface area (Å²) < 4.78 is 4.36. The molecule has 0 fully saturated rings. The molecule has 0 aliphatic carbocycles. The van der Waals surface area contributed by atoms with Crippen molar-refractivity contribution in [2.45, 2.75) is 6.10 Å². The van der Waals surface area contributed by atoms with Gasteiger partial charge < -0.3 is 29.9 Å². The molecule has 1 aromatic heterocycles. The topological polar surface area (TPSA) is 131 Å². The van der Waals surface area contributed by atoms with E-state index in [9.17, 15) is 9.90 Å². The van der Waals surface area contributed by atoms with E-state index in [0.29, 0.717) is 0 Å². The number of aromatic hydroxyl groups is 3.